The third kappa shape index (κ3) is 2.92. The molecule has 2 N–H and O–H groups in total. The van der Waals surface area contributed by atoms with E-state index in [0.717, 1.165) is 22.3 Å². The summed E-state index contributed by atoms with van der Waals surface area (Å²) in [5, 5.41) is 0. The van der Waals surface area contributed by atoms with Gasteiger partial charge in [-0.15, -0.1) is 0 Å². The van der Waals surface area contributed by atoms with Crippen LogP contribution in [0, 0.1) is 0 Å². The number of nitrogens with two attached hydrogens (primary N) is 1. The van der Waals surface area contributed by atoms with Crippen LogP contribution in [0.15, 0.2) is 22.7 Å². The zero-order chi connectivity index (χ0) is 9.84. The van der Waals surface area contributed by atoms with E-state index >= 15 is 0 Å². The van der Waals surface area contributed by atoms with Crippen molar-refractivity contribution in [3.8, 4) is 5.75 Å². The first-order chi connectivity index (χ1) is 6.13. The van der Waals surface area contributed by atoms with Gasteiger partial charge in [0, 0.05) is 5.69 Å². The van der Waals surface area contributed by atoms with Gasteiger partial charge in [0.15, 0.2) is 0 Å². The highest BCUT2D eigenvalue weighted by molar-refractivity contribution is 9.10. The summed E-state index contributed by atoms with van der Waals surface area (Å²) in [5.74, 6) is 0.851. The van der Waals surface area contributed by atoms with Crippen molar-refractivity contribution in [2.24, 2.45) is 0 Å². The monoisotopic (exact) mass is 243 g/mol. The van der Waals surface area contributed by atoms with E-state index < -0.39 is 0 Å². The van der Waals surface area contributed by atoms with Gasteiger partial charge in [-0.2, -0.15) is 0 Å². The van der Waals surface area contributed by atoms with Gasteiger partial charge in [0.1, 0.15) is 5.75 Å². The number of halogens is 1. The summed E-state index contributed by atoms with van der Waals surface area (Å²) in [6.07, 6.45) is 1.23. The lowest BCUT2D eigenvalue weighted by atomic mass is 10.3. The number of ether oxygens (including phenoxy) is 1. The van der Waals surface area contributed by atoms with Crippen LogP contribution in [0.2, 0.25) is 0 Å². The summed E-state index contributed by atoms with van der Waals surface area (Å²) in [4.78, 5) is 0. The quantitative estimate of drug-likeness (QED) is 0.828. The molecular weight excluding hydrogens is 230 g/mol. The first-order valence-corrected chi connectivity index (χ1v) is 5.14. The van der Waals surface area contributed by atoms with Crippen LogP contribution in [0.25, 0.3) is 0 Å². The molecule has 1 aromatic rings. The zero-order valence-corrected chi connectivity index (χ0v) is 9.47. The van der Waals surface area contributed by atoms with Crippen molar-refractivity contribution in [1.82, 2.24) is 0 Å². The molecule has 1 aromatic carbocycles. The second-order valence-electron chi connectivity index (χ2n) is 3.03. The Bertz CT molecular complexity index is 288. The number of nitrogen functional groups attached to an aromatic ring is 1. The molecule has 1 rings (SSSR count). The van der Waals surface area contributed by atoms with Crippen LogP contribution in [0.4, 0.5) is 5.69 Å². The Labute approximate surface area is 87.2 Å². The first kappa shape index (κ1) is 10.4. The molecule has 3 heteroatoms. The van der Waals surface area contributed by atoms with E-state index in [1.165, 1.54) is 0 Å². The summed E-state index contributed by atoms with van der Waals surface area (Å²) in [6, 6.07) is 5.56. The Balaban J connectivity index is 2.77. The van der Waals surface area contributed by atoms with E-state index in [1.807, 2.05) is 25.1 Å². The van der Waals surface area contributed by atoms with Crippen molar-refractivity contribution in [3.63, 3.8) is 0 Å². The predicted molar refractivity (Wildman–Crippen MR) is 58.9 cm³/mol. The van der Waals surface area contributed by atoms with Crippen molar-refractivity contribution >= 4 is 21.6 Å². The Kier molecular flexibility index (Phi) is 3.60. The first-order valence-electron chi connectivity index (χ1n) is 4.35. The third-order valence-electron chi connectivity index (χ3n) is 1.86. The number of rotatable bonds is 3. The Morgan fingerprint density at radius 2 is 2.23 bits per heavy atom. The average molecular weight is 244 g/mol. The van der Waals surface area contributed by atoms with Crippen molar-refractivity contribution in [2.45, 2.75) is 26.4 Å². The molecule has 0 aliphatic carbocycles. The second kappa shape index (κ2) is 4.51. The topological polar surface area (TPSA) is 35.2 Å². The summed E-state index contributed by atoms with van der Waals surface area (Å²) >= 11 is 3.40. The maximum Gasteiger partial charge on any atom is 0.134 e. The van der Waals surface area contributed by atoms with Crippen molar-refractivity contribution in [2.75, 3.05) is 5.73 Å². The van der Waals surface area contributed by atoms with Gasteiger partial charge in [-0.05, 0) is 47.5 Å². The SMILES string of the molecule is CCC(C)Oc1ccc(N)cc1Br. The van der Waals surface area contributed by atoms with Crippen LogP contribution in [0.3, 0.4) is 0 Å². The lowest BCUT2D eigenvalue weighted by Crippen LogP contribution is -2.10. The molecule has 0 heterocycles. The molecule has 0 amide bonds. The molecule has 0 saturated heterocycles. The summed E-state index contributed by atoms with van der Waals surface area (Å²) in [5.41, 5.74) is 6.34. The van der Waals surface area contributed by atoms with Crippen LogP contribution < -0.4 is 10.5 Å². The van der Waals surface area contributed by atoms with E-state index in [-0.39, 0.29) is 6.10 Å². The normalized spacial score (nSPS) is 12.5. The fraction of sp³-hybridized carbons (Fsp3) is 0.400. The molecule has 13 heavy (non-hydrogen) atoms. The van der Waals surface area contributed by atoms with E-state index in [0.29, 0.717) is 0 Å². The van der Waals surface area contributed by atoms with Gasteiger partial charge in [0.2, 0.25) is 0 Å². The number of hydrogen-bond acceptors (Lipinski definition) is 2. The fourth-order valence-electron chi connectivity index (χ4n) is 0.913. The average Bonchev–Trinajstić information content (AvgIpc) is 2.09. The van der Waals surface area contributed by atoms with Crippen LogP contribution in [0.5, 0.6) is 5.75 Å². The maximum atomic E-state index is 5.65. The molecule has 0 aliphatic heterocycles. The van der Waals surface area contributed by atoms with E-state index in [1.54, 1.807) is 0 Å². The molecular formula is C10H14BrNO. The third-order valence-corrected chi connectivity index (χ3v) is 2.48. The summed E-state index contributed by atoms with van der Waals surface area (Å²) in [6.45, 7) is 4.14. The molecule has 0 fully saturated rings. The van der Waals surface area contributed by atoms with Crippen molar-refractivity contribution in [1.29, 1.82) is 0 Å². The highest BCUT2D eigenvalue weighted by Gasteiger charge is 2.04. The summed E-state index contributed by atoms with van der Waals surface area (Å²) < 4.78 is 6.56. The standard InChI is InChI=1S/C10H14BrNO/c1-3-7(2)13-10-5-4-8(12)6-9(10)11/h4-7H,3,12H2,1-2H3. The lowest BCUT2D eigenvalue weighted by molar-refractivity contribution is 0.216. The van der Waals surface area contributed by atoms with Crippen LogP contribution in [-0.2, 0) is 0 Å². The summed E-state index contributed by atoms with van der Waals surface area (Å²) in [7, 11) is 0. The van der Waals surface area contributed by atoms with Crippen LogP contribution in [-0.4, -0.2) is 6.10 Å². The van der Waals surface area contributed by atoms with E-state index in [2.05, 4.69) is 22.9 Å². The molecule has 2 nitrogen and oxygen atoms in total. The smallest absolute Gasteiger partial charge is 0.134 e. The minimum atomic E-state index is 0.236. The Morgan fingerprint density at radius 3 is 2.77 bits per heavy atom. The second-order valence-corrected chi connectivity index (χ2v) is 3.88. The van der Waals surface area contributed by atoms with Crippen molar-refractivity contribution < 1.29 is 4.74 Å². The highest BCUT2D eigenvalue weighted by Crippen LogP contribution is 2.27. The van der Waals surface area contributed by atoms with Gasteiger partial charge in [-0.25, -0.2) is 0 Å². The minimum absolute atomic E-state index is 0.236. The van der Waals surface area contributed by atoms with Gasteiger partial charge < -0.3 is 10.5 Å². The molecule has 0 radical (unpaired) electrons. The number of benzene rings is 1. The maximum absolute atomic E-state index is 5.65. The molecule has 0 aromatic heterocycles. The van der Waals surface area contributed by atoms with Gasteiger partial charge >= 0.3 is 0 Å². The van der Waals surface area contributed by atoms with Crippen molar-refractivity contribution in [3.05, 3.63) is 22.7 Å². The predicted octanol–water partition coefficient (Wildman–Crippen LogP) is 3.21. The molecule has 72 valence electrons. The van der Waals surface area contributed by atoms with Gasteiger partial charge in [0.25, 0.3) is 0 Å². The number of anilines is 1. The molecule has 0 bridgehead atoms. The van der Waals surface area contributed by atoms with Gasteiger partial charge in [0.05, 0.1) is 10.6 Å². The Morgan fingerprint density at radius 1 is 1.54 bits per heavy atom. The van der Waals surface area contributed by atoms with Gasteiger partial charge in [-0.1, -0.05) is 6.92 Å². The minimum Gasteiger partial charge on any atom is -0.490 e. The molecule has 0 saturated carbocycles. The van der Waals surface area contributed by atoms with Crippen LogP contribution >= 0.6 is 15.9 Å². The highest BCUT2D eigenvalue weighted by atomic mass is 79.9. The fourth-order valence-corrected chi connectivity index (χ4v) is 1.40. The molecule has 0 aliphatic rings. The largest absolute Gasteiger partial charge is 0.490 e. The van der Waals surface area contributed by atoms with Gasteiger partial charge in [-0.3, -0.25) is 0 Å². The molecule has 1 atom stereocenters. The molecule has 1 unspecified atom stereocenters. The Hall–Kier alpha value is -0.700. The molecule has 0 spiro atoms. The lowest BCUT2D eigenvalue weighted by Gasteiger charge is -2.13. The van der Waals surface area contributed by atoms with E-state index in [4.69, 9.17) is 10.5 Å². The van der Waals surface area contributed by atoms with Crippen LogP contribution in [0.1, 0.15) is 20.3 Å². The number of hydrogen-bond donors (Lipinski definition) is 1. The van der Waals surface area contributed by atoms with E-state index in [9.17, 15) is 0 Å². The zero-order valence-electron chi connectivity index (χ0n) is 7.88.